The van der Waals surface area contributed by atoms with Crippen LogP contribution in [0.2, 0.25) is 0 Å². The van der Waals surface area contributed by atoms with E-state index < -0.39 is 0 Å². The van der Waals surface area contributed by atoms with E-state index in [9.17, 15) is 0 Å². The summed E-state index contributed by atoms with van der Waals surface area (Å²) in [6.07, 6.45) is 2.24. The van der Waals surface area contributed by atoms with Crippen LogP contribution in [0.5, 0.6) is 0 Å². The molecule has 0 spiro atoms. The second-order valence-corrected chi connectivity index (χ2v) is 7.92. The molecule has 3 rings (SSSR count). The van der Waals surface area contributed by atoms with E-state index in [0.717, 1.165) is 74.2 Å². The van der Waals surface area contributed by atoms with Crippen LogP contribution >= 0.6 is 24.0 Å². The molecule has 8 heteroatoms. The van der Waals surface area contributed by atoms with Crippen molar-refractivity contribution in [2.24, 2.45) is 4.99 Å². The number of aryl methyl sites for hydroxylation is 2. The number of guanidine groups is 1. The van der Waals surface area contributed by atoms with E-state index in [-0.39, 0.29) is 24.0 Å². The fraction of sp³-hybridized carbons (Fsp3) is 0.565. The summed E-state index contributed by atoms with van der Waals surface area (Å²) < 4.78 is 7.21. The molecular formula is C23H37IN6O. The molecule has 1 aromatic carbocycles. The molecule has 7 nitrogen and oxygen atoms in total. The molecule has 1 saturated heterocycles. The summed E-state index contributed by atoms with van der Waals surface area (Å²) in [5, 5.41) is 11.7. The minimum Gasteiger partial charge on any atom is -0.383 e. The van der Waals surface area contributed by atoms with Gasteiger partial charge in [-0.2, -0.15) is 5.10 Å². The first-order valence-corrected chi connectivity index (χ1v) is 11.0. The third kappa shape index (κ3) is 7.47. The topological polar surface area (TPSA) is 66.7 Å². The number of rotatable bonds is 8. The Balaban J connectivity index is 0.00000341. The second kappa shape index (κ2) is 13.0. The number of methoxy groups -OCH3 is 1. The molecule has 2 N–H and O–H groups in total. The molecule has 2 heterocycles. The molecule has 172 valence electrons. The van der Waals surface area contributed by atoms with Gasteiger partial charge in [-0.15, -0.1) is 24.0 Å². The van der Waals surface area contributed by atoms with Gasteiger partial charge in [-0.05, 0) is 51.3 Å². The number of halogens is 1. The molecule has 0 unspecified atom stereocenters. The molecule has 0 saturated carbocycles. The van der Waals surface area contributed by atoms with Crippen LogP contribution in [0.4, 0.5) is 0 Å². The number of likely N-dealkylation sites (tertiary alicyclic amines) is 1. The maximum Gasteiger partial charge on any atom is 0.191 e. The number of nitrogens with one attached hydrogen (secondary N) is 2. The summed E-state index contributed by atoms with van der Waals surface area (Å²) in [5.41, 5.74) is 4.41. The number of piperidine rings is 1. The lowest BCUT2D eigenvalue weighted by Crippen LogP contribution is -2.49. The fourth-order valence-electron chi connectivity index (χ4n) is 3.92. The summed E-state index contributed by atoms with van der Waals surface area (Å²) in [5.74, 6) is 0.885. The number of nitrogens with zero attached hydrogens (tertiary/aromatic N) is 4. The Morgan fingerprint density at radius 1 is 1.23 bits per heavy atom. The Bertz CT molecular complexity index is 829. The zero-order valence-corrected chi connectivity index (χ0v) is 21.6. The Hall–Kier alpha value is -1.65. The van der Waals surface area contributed by atoms with Gasteiger partial charge in [0.1, 0.15) is 0 Å². The van der Waals surface area contributed by atoms with Crippen LogP contribution in [0, 0.1) is 13.8 Å². The zero-order valence-electron chi connectivity index (χ0n) is 19.2. The summed E-state index contributed by atoms with van der Waals surface area (Å²) in [6, 6.07) is 10.9. The summed E-state index contributed by atoms with van der Waals surface area (Å²) in [6.45, 7) is 11.7. The van der Waals surface area contributed by atoms with Gasteiger partial charge in [0.15, 0.2) is 5.96 Å². The maximum atomic E-state index is 5.20. The van der Waals surface area contributed by atoms with Gasteiger partial charge >= 0.3 is 0 Å². The summed E-state index contributed by atoms with van der Waals surface area (Å²) in [7, 11) is 1.76. The fourth-order valence-corrected chi connectivity index (χ4v) is 3.92. The number of hydrogen-bond acceptors (Lipinski definition) is 4. The van der Waals surface area contributed by atoms with Crippen LogP contribution in [0.15, 0.2) is 35.3 Å². The Kier molecular flexibility index (Phi) is 10.8. The van der Waals surface area contributed by atoms with Crippen LogP contribution in [0.3, 0.4) is 0 Å². The van der Waals surface area contributed by atoms with Crippen molar-refractivity contribution in [2.45, 2.75) is 46.2 Å². The lowest BCUT2D eigenvalue weighted by molar-refractivity contribution is 0.128. The van der Waals surface area contributed by atoms with Crippen LogP contribution in [-0.4, -0.2) is 66.6 Å². The maximum absolute atomic E-state index is 5.20. The number of ether oxygens (including phenoxy) is 1. The van der Waals surface area contributed by atoms with Crippen LogP contribution in [0.1, 0.15) is 36.7 Å². The van der Waals surface area contributed by atoms with Gasteiger partial charge in [0.25, 0.3) is 0 Å². The van der Waals surface area contributed by atoms with Crippen molar-refractivity contribution < 1.29 is 4.74 Å². The molecule has 0 bridgehead atoms. The van der Waals surface area contributed by atoms with Crippen molar-refractivity contribution in [1.29, 1.82) is 0 Å². The van der Waals surface area contributed by atoms with Crippen molar-refractivity contribution >= 4 is 29.9 Å². The first-order valence-electron chi connectivity index (χ1n) is 11.0. The van der Waals surface area contributed by atoms with Crippen LogP contribution in [0.25, 0.3) is 5.69 Å². The molecule has 1 aromatic heterocycles. The van der Waals surface area contributed by atoms with E-state index in [0.29, 0.717) is 12.6 Å². The molecule has 1 fully saturated rings. The predicted octanol–water partition coefficient (Wildman–Crippen LogP) is 3.27. The van der Waals surface area contributed by atoms with E-state index in [1.165, 1.54) is 0 Å². The van der Waals surface area contributed by atoms with Gasteiger partial charge in [0.05, 0.1) is 24.5 Å². The monoisotopic (exact) mass is 540 g/mol. The molecular weight excluding hydrogens is 503 g/mol. The smallest absolute Gasteiger partial charge is 0.191 e. The molecule has 0 aliphatic carbocycles. The number of para-hydroxylation sites is 1. The molecule has 2 aromatic rings. The minimum atomic E-state index is 0. The van der Waals surface area contributed by atoms with Crippen LogP contribution in [-0.2, 0) is 11.3 Å². The highest BCUT2D eigenvalue weighted by atomic mass is 127. The van der Waals surface area contributed by atoms with Gasteiger partial charge in [0, 0.05) is 45.0 Å². The number of hydrogen-bond donors (Lipinski definition) is 2. The van der Waals surface area contributed by atoms with Crippen molar-refractivity contribution in [3.05, 3.63) is 47.3 Å². The van der Waals surface area contributed by atoms with Crippen molar-refractivity contribution in [3.63, 3.8) is 0 Å². The van der Waals surface area contributed by atoms with E-state index in [2.05, 4.69) is 64.8 Å². The molecule has 0 radical (unpaired) electrons. The zero-order chi connectivity index (χ0) is 21.3. The normalized spacial score (nSPS) is 15.5. The minimum absolute atomic E-state index is 0. The van der Waals surface area contributed by atoms with Gasteiger partial charge in [-0.3, -0.25) is 0 Å². The third-order valence-corrected chi connectivity index (χ3v) is 5.52. The quantitative estimate of drug-likeness (QED) is 0.306. The van der Waals surface area contributed by atoms with Gasteiger partial charge in [-0.25, -0.2) is 9.67 Å². The van der Waals surface area contributed by atoms with E-state index in [4.69, 9.17) is 9.73 Å². The van der Waals surface area contributed by atoms with Crippen molar-refractivity contribution in [3.8, 4) is 5.69 Å². The van der Waals surface area contributed by atoms with Crippen LogP contribution < -0.4 is 10.6 Å². The SMILES string of the molecule is CCNC(=NCc1ccccc1-n1nc(C)cc1C)NC1CCN(CCOC)CC1.I. The van der Waals surface area contributed by atoms with Crippen molar-refractivity contribution in [1.82, 2.24) is 25.3 Å². The molecule has 31 heavy (non-hydrogen) atoms. The first kappa shape index (κ1) is 25.6. The van der Waals surface area contributed by atoms with Gasteiger partial charge in [0.2, 0.25) is 0 Å². The first-order chi connectivity index (χ1) is 14.6. The second-order valence-electron chi connectivity index (χ2n) is 7.92. The third-order valence-electron chi connectivity index (χ3n) is 5.52. The summed E-state index contributed by atoms with van der Waals surface area (Å²) >= 11 is 0. The highest BCUT2D eigenvalue weighted by Gasteiger charge is 2.19. The molecule has 1 aliphatic rings. The van der Waals surface area contributed by atoms with E-state index in [1.54, 1.807) is 7.11 Å². The van der Waals surface area contributed by atoms with Gasteiger partial charge < -0.3 is 20.3 Å². The standard InChI is InChI=1S/C23H36N6O.HI/c1-5-24-23(26-21-10-12-28(13-11-21)14-15-30-4)25-17-20-8-6-7-9-22(20)29-19(3)16-18(2)27-29;/h6-9,16,21H,5,10-15,17H2,1-4H3,(H2,24,25,26);1H. The highest BCUT2D eigenvalue weighted by molar-refractivity contribution is 14.0. The number of aliphatic imine (C=N–C) groups is 1. The number of benzene rings is 1. The average molecular weight is 540 g/mol. The Morgan fingerprint density at radius 3 is 2.61 bits per heavy atom. The lowest BCUT2D eigenvalue weighted by atomic mass is 10.1. The Morgan fingerprint density at radius 2 is 1.97 bits per heavy atom. The molecule has 0 amide bonds. The largest absolute Gasteiger partial charge is 0.383 e. The Labute approximate surface area is 203 Å². The highest BCUT2D eigenvalue weighted by Crippen LogP contribution is 2.18. The molecule has 1 aliphatic heterocycles. The van der Waals surface area contributed by atoms with Crippen molar-refractivity contribution in [2.75, 3.05) is 39.9 Å². The average Bonchev–Trinajstić information content (AvgIpc) is 3.09. The lowest BCUT2D eigenvalue weighted by Gasteiger charge is -2.32. The van der Waals surface area contributed by atoms with E-state index in [1.807, 2.05) is 11.6 Å². The summed E-state index contributed by atoms with van der Waals surface area (Å²) in [4.78, 5) is 7.36. The predicted molar refractivity (Wildman–Crippen MR) is 138 cm³/mol. The van der Waals surface area contributed by atoms with Gasteiger partial charge in [-0.1, -0.05) is 18.2 Å². The van der Waals surface area contributed by atoms with E-state index >= 15 is 0 Å². The molecule has 0 atom stereocenters. The number of aromatic nitrogens is 2.